The Morgan fingerprint density at radius 3 is 1.49 bits per heavy atom. The van der Waals surface area contributed by atoms with Gasteiger partial charge in [-0.05, 0) is 154 Å². The van der Waals surface area contributed by atoms with Crippen LogP contribution in [0.15, 0.2) is 262 Å². The molecule has 1 aliphatic carbocycles. The van der Waals surface area contributed by atoms with Gasteiger partial charge in [-0.1, -0.05) is 209 Å². The van der Waals surface area contributed by atoms with Gasteiger partial charge in [0.25, 0.3) is 0 Å². The van der Waals surface area contributed by atoms with Crippen molar-refractivity contribution < 1.29 is 0 Å². The van der Waals surface area contributed by atoms with Gasteiger partial charge in [0, 0.05) is 38.9 Å². The van der Waals surface area contributed by atoms with Crippen molar-refractivity contribution in [2.75, 3.05) is 9.80 Å². The minimum atomic E-state index is -0.287. The van der Waals surface area contributed by atoms with Crippen molar-refractivity contribution in [2.45, 2.75) is 56.8 Å². The standard InChI is InChI=1S/C69H62N2/c1-5-51(4)47-52(6-2)25-18-20-45-69(46-21-19-26-54-28-22-27-53(7-3)48-54)65-49-59(70(57-33-10-8-11-34-57)67-39-23-31-55-29-14-16-37-61(55)67)41-43-63(65)64-44-42-60(50-66(64)69)71(58-35-12-9-13-36-58)68-40-24-32-56-30-15-17-38-62(56)68/h5-17,22-24,27-44,47-50H,1-4,18-21,25-26,45-46H2. The molecule has 0 heterocycles. The molecule has 71 heavy (non-hydrogen) atoms. The largest absolute Gasteiger partial charge is 0.310 e. The van der Waals surface area contributed by atoms with E-state index in [1.54, 1.807) is 0 Å². The molecular formula is C69H62N2. The van der Waals surface area contributed by atoms with E-state index in [0.29, 0.717) is 0 Å². The van der Waals surface area contributed by atoms with Crippen molar-refractivity contribution in [1.29, 1.82) is 0 Å². The molecule has 0 radical (unpaired) electrons. The average molecular weight is 919 g/mol. The van der Waals surface area contributed by atoms with Crippen LogP contribution >= 0.6 is 0 Å². The lowest BCUT2D eigenvalue weighted by molar-refractivity contribution is 0.407. The Balaban J connectivity index is 1.16. The number of hydrogen-bond donors (Lipinski definition) is 0. The van der Waals surface area contributed by atoms with E-state index in [1.165, 1.54) is 60.5 Å². The van der Waals surface area contributed by atoms with Gasteiger partial charge >= 0.3 is 0 Å². The van der Waals surface area contributed by atoms with Crippen LogP contribution in [0.1, 0.15) is 67.2 Å². The van der Waals surface area contributed by atoms with Crippen molar-refractivity contribution >= 4 is 61.7 Å². The van der Waals surface area contributed by atoms with Gasteiger partial charge in [-0.2, -0.15) is 0 Å². The minimum absolute atomic E-state index is 0.287. The highest BCUT2D eigenvalue weighted by Crippen LogP contribution is 2.57. The van der Waals surface area contributed by atoms with Gasteiger partial charge in [0.1, 0.15) is 0 Å². The summed E-state index contributed by atoms with van der Waals surface area (Å²) in [4.78, 5) is 4.94. The summed E-state index contributed by atoms with van der Waals surface area (Å²) in [5.74, 6) is 0. The summed E-state index contributed by atoms with van der Waals surface area (Å²) in [5.41, 5.74) is 16.7. The summed E-state index contributed by atoms with van der Waals surface area (Å²) in [6.07, 6.45) is 16.1. The minimum Gasteiger partial charge on any atom is -0.310 e. The van der Waals surface area contributed by atoms with Crippen LogP contribution in [0.4, 0.5) is 34.1 Å². The van der Waals surface area contributed by atoms with Gasteiger partial charge in [-0.3, -0.25) is 0 Å². The van der Waals surface area contributed by atoms with Crippen LogP contribution in [-0.4, -0.2) is 0 Å². The molecule has 0 aromatic heterocycles. The number of nitrogens with zero attached hydrogens (tertiary/aromatic N) is 2. The van der Waals surface area contributed by atoms with E-state index in [4.69, 9.17) is 0 Å². The van der Waals surface area contributed by atoms with Crippen molar-refractivity contribution in [3.05, 3.63) is 284 Å². The molecule has 0 amide bonds. The molecule has 0 unspecified atom stereocenters. The number of unbranched alkanes of at least 4 members (excludes halogenated alkanes) is 2. The second-order valence-electron chi connectivity index (χ2n) is 18.9. The van der Waals surface area contributed by atoms with Crippen LogP contribution < -0.4 is 9.80 Å². The van der Waals surface area contributed by atoms with Gasteiger partial charge in [0.15, 0.2) is 0 Å². The normalized spacial score (nSPS) is 12.5. The molecule has 2 heteroatoms. The Labute approximate surface area is 421 Å². The average Bonchev–Trinajstić information content (AvgIpc) is 3.69. The second-order valence-corrected chi connectivity index (χ2v) is 18.9. The van der Waals surface area contributed by atoms with Crippen molar-refractivity contribution in [1.82, 2.24) is 0 Å². The van der Waals surface area contributed by atoms with Gasteiger partial charge in [-0.15, -0.1) is 0 Å². The first-order chi connectivity index (χ1) is 35.0. The fraction of sp³-hybridized carbons (Fsp3) is 0.130. The Kier molecular flexibility index (Phi) is 13.9. The molecule has 10 rings (SSSR count). The lowest BCUT2D eigenvalue weighted by Crippen LogP contribution is -2.26. The molecule has 9 aromatic rings. The monoisotopic (exact) mass is 918 g/mol. The molecule has 0 bridgehead atoms. The number of anilines is 6. The van der Waals surface area contributed by atoms with E-state index in [1.807, 2.05) is 18.2 Å². The van der Waals surface area contributed by atoms with E-state index >= 15 is 0 Å². The van der Waals surface area contributed by atoms with Crippen LogP contribution in [-0.2, 0) is 11.8 Å². The quantitative estimate of drug-likeness (QED) is 0.0555. The van der Waals surface area contributed by atoms with Crippen LogP contribution in [0.2, 0.25) is 0 Å². The first-order valence-corrected chi connectivity index (χ1v) is 25.3. The number of fused-ring (bicyclic) bond motifs is 5. The third kappa shape index (κ3) is 9.59. The number of para-hydroxylation sites is 2. The zero-order valence-corrected chi connectivity index (χ0v) is 40.8. The predicted molar refractivity (Wildman–Crippen MR) is 307 cm³/mol. The Bertz CT molecular complexity index is 3230. The van der Waals surface area contributed by atoms with E-state index in [9.17, 15) is 0 Å². The molecule has 2 nitrogen and oxygen atoms in total. The summed E-state index contributed by atoms with van der Waals surface area (Å²) in [5, 5.41) is 4.88. The SMILES string of the molecule is C=CC(=C)C=C(C=C)CCCCC1(CCCCc2cccc(C=C)c2)c2cc(N(c3ccccc3)c3cccc4ccccc34)ccc2-c2ccc(N(c3ccccc3)c3cccc4ccccc34)cc21. The van der Waals surface area contributed by atoms with Crippen molar-refractivity contribution in [2.24, 2.45) is 0 Å². The molecule has 0 spiro atoms. The molecular weight excluding hydrogens is 857 g/mol. The van der Waals surface area contributed by atoms with Gasteiger partial charge in [0.05, 0.1) is 11.4 Å². The summed E-state index contributed by atoms with van der Waals surface area (Å²) in [6.45, 7) is 16.4. The summed E-state index contributed by atoms with van der Waals surface area (Å²) < 4.78 is 0. The highest BCUT2D eigenvalue weighted by molar-refractivity contribution is 6.01. The van der Waals surface area contributed by atoms with E-state index < -0.39 is 0 Å². The van der Waals surface area contributed by atoms with E-state index in [0.717, 1.165) is 91.1 Å². The van der Waals surface area contributed by atoms with Crippen LogP contribution in [0.5, 0.6) is 0 Å². The fourth-order valence-electron chi connectivity index (χ4n) is 11.1. The van der Waals surface area contributed by atoms with Gasteiger partial charge < -0.3 is 9.80 Å². The zero-order chi connectivity index (χ0) is 48.6. The molecule has 0 aliphatic heterocycles. The first kappa shape index (κ1) is 46.5. The number of benzene rings is 9. The molecule has 0 saturated heterocycles. The fourth-order valence-corrected chi connectivity index (χ4v) is 11.1. The number of allylic oxidation sites excluding steroid dienone is 5. The van der Waals surface area contributed by atoms with Gasteiger partial charge in [0.2, 0.25) is 0 Å². The molecule has 9 aromatic carbocycles. The first-order valence-electron chi connectivity index (χ1n) is 25.3. The lowest BCUT2D eigenvalue weighted by Gasteiger charge is -2.35. The predicted octanol–water partition coefficient (Wildman–Crippen LogP) is 19.7. The summed E-state index contributed by atoms with van der Waals surface area (Å²) in [7, 11) is 0. The number of rotatable bonds is 20. The highest BCUT2D eigenvalue weighted by Gasteiger charge is 2.43. The Morgan fingerprint density at radius 1 is 0.451 bits per heavy atom. The zero-order valence-electron chi connectivity index (χ0n) is 40.8. The van der Waals surface area contributed by atoms with Gasteiger partial charge in [-0.25, -0.2) is 0 Å². The molecule has 0 fully saturated rings. The third-order valence-electron chi connectivity index (χ3n) is 14.6. The summed E-state index contributed by atoms with van der Waals surface area (Å²) >= 11 is 0. The van der Waals surface area contributed by atoms with Crippen LogP contribution in [0.3, 0.4) is 0 Å². The number of hydrogen-bond acceptors (Lipinski definition) is 2. The van der Waals surface area contributed by atoms with Crippen molar-refractivity contribution in [3.63, 3.8) is 0 Å². The topological polar surface area (TPSA) is 6.48 Å². The smallest absolute Gasteiger partial charge is 0.0540 e. The number of aryl methyl sites for hydroxylation is 1. The molecule has 1 aliphatic rings. The van der Waals surface area contributed by atoms with E-state index in [2.05, 4.69) is 248 Å². The van der Waals surface area contributed by atoms with Crippen molar-refractivity contribution in [3.8, 4) is 11.1 Å². The van der Waals surface area contributed by atoms with E-state index in [-0.39, 0.29) is 5.41 Å². The van der Waals surface area contributed by atoms with Crippen LogP contribution in [0.25, 0.3) is 38.7 Å². The third-order valence-corrected chi connectivity index (χ3v) is 14.6. The second kappa shape index (κ2) is 21.2. The molecule has 0 atom stereocenters. The Hall–Kier alpha value is -8.20. The molecule has 348 valence electrons. The maximum atomic E-state index is 4.20. The van der Waals surface area contributed by atoms with Crippen LogP contribution in [0, 0.1) is 0 Å². The lowest BCUT2D eigenvalue weighted by atomic mass is 9.70. The molecule has 0 saturated carbocycles. The highest BCUT2D eigenvalue weighted by atomic mass is 15.1. The summed E-state index contributed by atoms with van der Waals surface area (Å²) in [6, 6.07) is 76.2. The maximum absolute atomic E-state index is 4.20. The molecule has 0 N–H and O–H groups in total. The Morgan fingerprint density at radius 2 is 0.958 bits per heavy atom. The maximum Gasteiger partial charge on any atom is 0.0540 e.